The van der Waals surface area contributed by atoms with Crippen molar-refractivity contribution in [3.63, 3.8) is 0 Å². The van der Waals surface area contributed by atoms with E-state index in [2.05, 4.69) is 16.4 Å². The van der Waals surface area contributed by atoms with Gasteiger partial charge in [-0.3, -0.25) is 5.32 Å². The Kier molecular flexibility index (Phi) is 4.50. The summed E-state index contributed by atoms with van der Waals surface area (Å²) in [6.45, 7) is 1.96. The first-order valence-corrected chi connectivity index (χ1v) is 7.41. The van der Waals surface area contributed by atoms with Crippen molar-refractivity contribution in [3.05, 3.63) is 23.4 Å². The van der Waals surface area contributed by atoms with Gasteiger partial charge in [-0.2, -0.15) is 5.26 Å². The van der Waals surface area contributed by atoms with Crippen LogP contribution < -0.4 is 5.32 Å². The van der Waals surface area contributed by atoms with Crippen LogP contribution in [0.1, 0.15) is 26.2 Å². The average Bonchev–Trinajstić information content (AvgIpc) is 3.15. The lowest BCUT2D eigenvalue weighted by Crippen LogP contribution is -2.42. The first-order chi connectivity index (χ1) is 8.63. The lowest BCUT2D eigenvalue weighted by molar-refractivity contribution is 0.433. The van der Waals surface area contributed by atoms with E-state index in [4.69, 9.17) is 11.6 Å². The number of nitrogens with one attached hydrogen (secondary N) is 1. The molecule has 1 aromatic rings. The zero-order valence-corrected chi connectivity index (χ0v) is 11.9. The van der Waals surface area contributed by atoms with Gasteiger partial charge >= 0.3 is 0 Å². The van der Waals surface area contributed by atoms with Crippen molar-refractivity contribution in [1.29, 1.82) is 5.26 Å². The lowest BCUT2D eigenvalue weighted by Gasteiger charge is -2.22. The minimum absolute atomic E-state index is 0.435. The molecule has 96 valence electrons. The van der Waals surface area contributed by atoms with E-state index in [9.17, 15) is 5.26 Å². The van der Waals surface area contributed by atoms with Gasteiger partial charge in [-0.15, -0.1) is 11.8 Å². The molecule has 3 nitrogen and oxygen atoms in total. The summed E-state index contributed by atoms with van der Waals surface area (Å²) in [5, 5.41) is 14.2. The van der Waals surface area contributed by atoms with Crippen molar-refractivity contribution in [1.82, 2.24) is 10.3 Å². The Morgan fingerprint density at radius 2 is 2.44 bits per heavy atom. The Balaban J connectivity index is 1.83. The van der Waals surface area contributed by atoms with E-state index < -0.39 is 5.54 Å². The van der Waals surface area contributed by atoms with E-state index in [0.717, 1.165) is 17.2 Å². The molecule has 0 bridgehead atoms. The summed E-state index contributed by atoms with van der Waals surface area (Å²) in [5.74, 6) is 0.834. The van der Waals surface area contributed by atoms with Crippen LogP contribution in [0.25, 0.3) is 0 Å². The van der Waals surface area contributed by atoms with E-state index in [0.29, 0.717) is 11.1 Å². The number of halogens is 1. The van der Waals surface area contributed by atoms with E-state index in [1.165, 1.54) is 12.8 Å². The molecule has 1 atom stereocenters. The topological polar surface area (TPSA) is 48.7 Å². The molecule has 1 fully saturated rings. The molecule has 0 saturated heterocycles. The quantitative estimate of drug-likeness (QED) is 0.813. The molecule has 1 saturated carbocycles. The molecule has 1 heterocycles. The Morgan fingerprint density at radius 1 is 1.67 bits per heavy atom. The molecule has 1 aliphatic carbocycles. The van der Waals surface area contributed by atoms with Gasteiger partial charge in [0.2, 0.25) is 0 Å². The second kappa shape index (κ2) is 5.92. The number of rotatable bonds is 6. The van der Waals surface area contributed by atoms with Crippen molar-refractivity contribution < 1.29 is 0 Å². The third kappa shape index (κ3) is 3.88. The van der Waals surface area contributed by atoms with Gasteiger partial charge in [0.25, 0.3) is 0 Å². The van der Waals surface area contributed by atoms with Crippen molar-refractivity contribution in [3.8, 4) is 6.07 Å². The van der Waals surface area contributed by atoms with Gasteiger partial charge in [-0.05, 0) is 38.3 Å². The molecule has 18 heavy (non-hydrogen) atoms. The number of aromatic nitrogens is 1. The first kappa shape index (κ1) is 13.7. The number of nitrogens with zero attached hydrogens (tertiary/aromatic N) is 2. The van der Waals surface area contributed by atoms with Crippen LogP contribution in [0.5, 0.6) is 0 Å². The zero-order valence-electron chi connectivity index (χ0n) is 10.3. The fourth-order valence-electron chi connectivity index (χ4n) is 1.67. The maximum absolute atomic E-state index is 9.25. The molecular weight excluding hydrogens is 266 g/mol. The maximum atomic E-state index is 9.25. The van der Waals surface area contributed by atoms with Crippen LogP contribution in [0.4, 0.5) is 0 Å². The summed E-state index contributed by atoms with van der Waals surface area (Å²) >= 11 is 7.64. The third-order valence-electron chi connectivity index (χ3n) is 2.91. The molecule has 1 unspecified atom stereocenters. The normalized spacial score (nSPS) is 18.1. The highest BCUT2D eigenvalue weighted by molar-refractivity contribution is 7.99. The third-order valence-corrected chi connectivity index (χ3v) is 4.34. The van der Waals surface area contributed by atoms with Crippen LogP contribution in [-0.2, 0) is 0 Å². The summed E-state index contributed by atoms with van der Waals surface area (Å²) in [4.78, 5) is 4.22. The van der Waals surface area contributed by atoms with Crippen LogP contribution in [0.3, 0.4) is 0 Å². The second-order valence-electron chi connectivity index (χ2n) is 4.75. The van der Waals surface area contributed by atoms with E-state index in [-0.39, 0.29) is 0 Å². The average molecular weight is 282 g/mol. The standard InChI is InChI=1S/C13H16ClN3S/c1-13(9-15,17-10-4-5-10)6-8-18-12-11(14)3-2-7-16-12/h2-3,7,10,17H,4-6,8H2,1H3. The van der Waals surface area contributed by atoms with E-state index in [1.807, 2.05) is 19.1 Å². The monoisotopic (exact) mass is 281 g/mol. The van der Waals surface area contributed by atoms with Crippen LogP contribution >= 0.6 is 23.4 Å². The highest BCUT2D eigenvalue weighted by Crippen LogP contribution is 2.28. The predicted octanol–water partition coefficient (Wildman–Crippen LogP) is 3.25. The highest BCUT2D eigenvalue weighted by atomic mass is 35.5. The molecule has 1 aliphatic rings. The zero-order chi connectivity index (χ0) is 13.0. The Labute approximate surface area is 117 Å². The van der Waals surface area contributed by atoms with Gasteiger partial charge in [0.15, 0.2) is 0 Å². The minimum atomic E-state index is -0.435. The molecule has 1 N–H and O–H groups in total. The Morgan fingerprint density at radius 3 is 3.06 bits per heavy atom. The Hall–Kier alpha value is -0.760. The van der Waals surface area contributed by atoms with Crippen molar-refractivity contribution in [2.75, 3.05) is 5.75 Å². The molecule has 0 aromatic carbocycles. The molecular formula is C13H16ClN3S. The highest BCUT2D eigenvalue weighted by Gasteiger charge is 2.32. The van der Waals surface area contributed by atoms with Gasteiger partial charge in [0.1, 0.15) is 10.6 Å². The predicted molar refractivity (Wildman–Crippen MR) is 74.8 cm³/mol. The molecule has 5 heteroatoms. The smallest absolute Gasteiger partial charge is 0.115 e. The number of hydrogen-bond acceptors (Lipinski definition) is 4. The SMILES string of the molecule is CC(C#N)(CCSc1ncccc1Cl)NC1CC1. The number of pyridine rings is 1. The summed E-state index contributed by atoms with van der Waals surface area (Å²) < 4.78 is 0. The fourth-order valence-corrected chi connectivity index (χ4v) is 3.00. The number of nitriles is 1. The van der Waals surface area contributed by atoms with Gasteiger partial charge in [0, 0.05) is 18.0 Å². The number of thioether (sulfide) groups is 1. The van der Waals surface area contributed by atoms with Crippen molar-refractivity contribution in [2.24, 2.45) is 0 Å². The summed E-state index contributed by atoms with van der Waals surface area (Å²) in [6.07, 6.45) is 4.91. The number of hydrogen-bond donors (Lipinski definition) is 1. The van der Waals surface area contributed by atoms with Gasteiger partial charge in [-0.25, -0.2) is 4.98 Å². The van der Waals surface area contributed by atoms with Crippen LogP contribution in [0.15, 0.2) is 23.4 Å². The molecule has 0 radical (unpaired) electrons. The van der Waals surface area contributed by atoms with E-state index in [1.54, 1.807) is 18.0 Å². The lowest BCUT2D eigenvalue weighted by atomic mass is 10.0. The molecule has 0 amide bonds. The molecule has 0 aliphatic heterocycles. The Bertz CT molecular complexity index is 456. The fraction of sp³-hybridized carbons (Fsp3) is 0.538. The van der Waals surface area contributed by atoms with Gasteiger partial charge < -0.3 is 0 Å². The summed E-state index contributed by atoms with van der Waals surface area (Å²) in [5.41, 5.74) is -0.435. The van der Waals surface area contributed by atoms with E-state index >= 15 is 0 Å². The second-order valence-corrected chi connectivity index (χ2v) is 6.24. The van der Waals surface area contributed by atoms with Gasteiger partial charge in [0.05, 0.1) is 11.1 Å². The van der Waals surface area contributed by atoms with Crippen molar-refractivity contribution >= 4 is 23.4 Å². The van der Waals surface area contributed by atoms with Crippen LogP contribution in [-0.4, -0.2) is 22.3 Å². The van der Waals surface area contributed by atoms with Crippen LogP contribution in [0, 0.1) is 11.3 Å². The van der Waals surface area contributed by atoms with Gasteiger partial charge in [-0.1, -0.05) is 11.6 Å². The molecule has 1 aromatic heterocycles. The summed E-state index contributed by atoms with van der Waals surface area (Å²) in [7, 11) is 0. The molecule has 2 rings (SSSR count). The van der Waals surface area contributed by atoms with Crippen LogP contribution in [0.2, 0.25) is 5.02 Å². The van der Waals surface area contributed by atoms with Crippen molar-refractivity contribution in [2.45, 2.75) is 42.8 Å². The summed E-state index contributed by atoms with van der Waals surface area (Å²) in [6, 6.07) is 6.57. The minimum Gasteiger partial charge on any atom is -0.297 e. The first-order valence-electron chi connectivity index (χ1n) is 6.05. The molecule has 0 spiro atoms. The maximum Gasteiger partial charge on any atom is 0.115 e. The largest absolute Gasteiger partial charge is 0.297 e.